The van der Waals surface area contributed by atoms with Gasteiger partial charge in [0.15, 0.2) is 17.3 Å². The Kier molecular flexibility index (Phi) is 5.76. The highest BCUT2D eigenvalue weighted by atomic mass is 16.7. The maximum atomic E-state index is 12.6. The Morgan fingerprint density at radius 1 is 1.33 bits per heavy atom. The summed E-state index contributed by atoms with van der Waals surface area (Å²) in [7, 11) is 1.71. The SMILES string of the molecule is CC(O)C(N)C(=O)NCN(C)C(C)C(=O)c1ccc2c(c1)OCO2. The number of hydrogen-bond acceptors (Lipinski definition) is 7. The van der Waals surface area contributed by atoms with Crippen LogP contribution in [0.4, 0.5) is 0 Å². The van der Waals surface area contributed by atoms with Crippen LogP contribution >= 0.6 is 0 Å². The molecule has 3 atom stereocenters. The quantitative estimate of drug-likeness (QED) is 0.462. The van der Waals surface area contributed by atoms with Crippen molar-refractivity contribution in [3.05, 3.63) is 23.8 Å². The molecule has 0 fully saturated rings. The molecule has 3 unspecified atom stereocenters. The third kappa shape index (κ3) is 4.02. The van der Waals surface area contributed by atoms with Gasteiger partial charge in [-0.1, -0.05) is 0 Å². The Morgan fingerprint density at radius 3 is 2.67 bits per heavy atom. The first kappa shape index (κ1) is 18.2. The minimum atomic E-state index is -1.00. The molecule has 0 spiro atoms. The Hall–Kier alpha value is -2.16. The number of fused-ring (bicyclic) bond motifs is 1. The fourth-order valence-electron chi connectivity index (χ4n) is 2.17. The van der Waals surface area contributed by atoms with Crippen LogP contribution in [-0.4, -0.2) is 60.4 Å². The van der Waals surface area contributed by atoms with Crippen LogP contribution in [-0.2, 0) is 4.79 Å². The minimum absolute atomic E-state index is 0.107. The van der Waals surface area contributed by atoms with Crippen molar-refractivity contribution in [1.82, 2.24) is 10.2 Å². The number of benzene rings is 1. The molecule has 0 saturated carbocycles. The molecule has 1 heterocycles. The number of ketones is 1. The van der Waals surface area contributed by atoms with Gasteiger partial charge in [0.1, 0.15) is 6.04 Å². The molecule has 8 nitrogen and oxygen atoms in total. The van der Waals surface area contributed by atoms with E-state index in [0.717, 1.165) is 0 Å². The number of likely N-dealkylation sites (N-methyl/N-ethyl adjacent to an activating group) is 1. The van der Waals surface area contributed by atoms with Gasteiger partial charge >= 0.3 is 0 Å². The topological polar surface area (TPSA) is 114 Å². The van der Waals surface area contributed by atoms with Crippen molar-refractivity contribution in [1.29, 1.82) is 0 Å². The van der Waals surface area contributed by atoms with E-state index in [1.165, 1.54) is 6.92 Å². The second-order valence-corrected chi connectivity index (χ2v) is 5.83. The molecule has 24 heavy (non-hydrogen) atoms. The molecule has 1 aliphatic rings. The van der Waals surface area contributed by atoms with Crippen LogP contribution in [0.2, 0.25) is 0 Å². The molecule has 1 aromatic carbocycles. The van der Waals surface area contributed by atoms with Gasteiger partial charge in [-0.25, -0.2) is 0 Å². The molecular weight excluding hydrogens is 314 g/mol. The van der Waals surface area contributed by atoms with Crippen LogP contribution in [0.1, 0.15) is 24.2 Å². The van der Waals surface area contributed by atoms with Crippen molar-refractivity contribution < 1.29 is 24.2 Å². The van der Waals surface area contributed by atoms with E-state index in [1.54, 1.807) is 37.1 Å². The van der Waals surface area contributed by atoms with Crippen LogP contribution in [0.3, 0.4) is 0 Å². The zero-order valence-electron chi connectivity index (χ0n) is 14.0. The molecule has 2 rings (SSSR count). The highest BCUT2D eigenvalue weighted by molar-refractivity contribution is 6.00. The third-order valence-electron chi connectivity index (χ3n) is 4.02. The van der Waals surface area contributed by atoms with E-state index in [2.05, 4.69) is 5.32 Å². The normalized spacial score (nSPS) is 16.6. The van der Waals surface area contributed by atoms with E-state index in [9.17, 15) is 14.7 Å². The van der Waals surface area contributed by atoms with Gasteiger partial charge in [0, 0.05) is 5.56 Å². The van der Waals surface area contributed by atoms with Gasteiger partial charge in [-0.3, -0.25) is 14.5 Å². The van der Waals surface area contributed by atoms with Crippen LogP contribution in [0, 0.1) is 0 Å². The van der Waals surface area contributed by atoms with Crippen LogP contribution in [0.25, 0.3) is 0 Å². The van der Waals surface area contributed by atoms with E-state index < -0.39 is 24.1 Å². The zero-order valence-corrected chi connectivity index (χ0v) is 14.0. The number of hydrogen-bond donors (Lipinski definition) is 3. The molecule has 132 valence electrons. The fraction of sp³-hybridized carbons (Fsp3) is 0.500. The first-order valence-electron chi connectivity index (χ1n) is 7.66. The van der Waals surface area contributed by atoms with Gasteiger partial charge in [-0.05, 0) is 39.1 Å². The van der Waals surface area contributed by atoms with Crippen LogP contribution in [0.15, 0.2) is 18.2 Å². The van der Waals surface area contributed by atoms with Crippen molar-refractivity contribution in [2.75, 3.05) is 20.5 Å². The lowest BCUT2D eigenvalue weighted by Crippen LogP contribution is -2.51. The number of amides is 1. The number of nitrogens with two attached hydrogens (primary N) is 1. The largest absolute Gasteiger partial charge is 0.454 e. The molecule has 0 saturated heterocycles. The van der Waals surface area contributed by atoms with Crippen molar-refractivity contribution in [3.8, 4) is 11.5 Å². The van der Waals surface area contributed by atoms with Gasteiger partial charge in [0.2, 0.25) is 12.7 Å². The Bertz CT molecular complexity index is 620. The fourth-order valence-corrected chi connectivity index (χ4v) is 2.17. The summed E-state index contributed by atoms with van der Waals surface area (Å²) in [5, 5.41) is 11.9. The van der Waals surface area contributed by atoms with Crippen molar-refractivity contribution >= 4 is 11.7 Å². The highest BCUT2D eigenvalue weighted by Crippen LogP contribution is 2.32. The van der Waals surface area contributed by atoms with E-state index in [-0.39, 0.29) is 19.2 Å². The lowest BCUT2D eigenvalue weighted by Gasteiger charge is -2.25. The van der Waals surface area contributed by atoms with Crippen molar-refractivity contribution in [3.63, 3.8) is 0 Å². The number of carbonyl (C=O) groups excluding carboxylic acids is 2. The molecule has 0 bridgehead atoms. The monoisotopic (exact) mass is 337 g/mol. The zero-order chi connectivity index (χ0) is 17.9. The lowest BCUT2D eigenvalue weighted by atomic mass is 10.0. The Morgan fingerprint density at radius 2 is 2.00 bits per heavy atom. The number of ether oxygens (including phenoxy) is 2. The molecule has 1 aliphatic heterocycles. The number of Topliss-reactive ketones (excluding diaryl/α,β-unsaturated/α-hetero) is 1. The molecule has 4 N–H and O–H groups in total. The molecule has 0 aliphatic carbocycles. The number of nitrogens with one attached hydrogen (secondary N) is 1. The third-order valence-corrected chi connectivity index (χ3v) is 4.02. The maximum Gasteiger partial charge on any atom is 0.240 e. The van der Waals surface area contributed by atoms with Crippen molar-refractivity contribution in [2.24, 2.45) is 5.73 Å². The van der Waals surface area contributed by atoms with Gasteiger partial charge in [0.25, 0.3) is 0 Å². The number of aliphatic hydroxyl groups excluding tert-OH is 1. The standard InChI is InChI=1S/C16H23N3O5/c1-9(19(3)7-18-16(22)14(17)10(2)20)15(21)11-4-5-12-13(6-11)24-8-23-12/h4-6,9-10,14,20H,7-8,17H2,1-3H3,(H,18,22). The summed E-state index contributed by atoms with van der Waals surface area (Å²) in [5.41, 5.74) is 6.06. The summed E-state index contributed by atoms with van der Waals surface area (Å²) in [6.07, 6.45) is -0.942. The summed E-state index contributed by atoms with van der Waals surface area (Å²) in [4.78, 5) is 26.0. The maximum absolute atomic E-state index is 12.6. The van der Waals surface area contributed by atoms with Gasteiger partial charge in [-0.2, -0.15) is 0 Å². The Labute approximate surface area is 140 Å². The molecule has 0 aromatic heterocycles. The smallest absolute Gasteiger partial charge is 0.240 e. The average Bonchev–Trinajstić information content (AvgIpc) is 3.04. The number of rotatable bonds is 7. The van der Waals surface area contributed by atoms with Crippen LogP contribution in [0.5, 0.6) is 11.5 Å². The first-order valence-corrected chi connectivity index (χ1v) is 7.66. The summed E-state index contributed by atoms with van der Waals surface area (Å²) in [6, 6.07) is 3.57. The van der Waals surface area contributed by atoms with Gasteiger partial charge < -0.3 is 25.6 Å². The molecular formula is C16H23N3O5. The second-order valence-electron chi connectivity index (χ2n) is 5.83. The van der Waals surface area contributed by atoms with Crippen molar-refractivity contribution in [2.45, 2.75) is 32.0 Å². The molecule has 8 heteroatoms. The highest BCUT2D eigenvalue weighted by Gasteiger charge is 2.24. The van der Waals surface area contributed by atoms with E-state index in [4.69, 9.17) is 15.2 Å². The summed E-state index contributed by atoms with van der Waals surface area (Å²) >= 11 is 0. The molecule has 1 amide bonds. The predicted molar refractivity (Wildman–Crippen MR) is 86.8 cm³/mol. The number of aliphatic hydroxyl groups is 1. The second kappa shape index (κ2) is 7.61. The minimum Gasteiger partial charge on any atom is -0.454 e. The summed E-state index contributed by atoms with van der Waals surface area (Å²) < 4.78 is 10.5. The average molecular weight is 337 g/mol. The molecule has 0 radical (unpaired) electrons. The number of nitrogens with zero attached hydrogens (tertiary/aromatic N) is 1. The van der Waals surface area contributed by atoms with Gasteiger partial charge in [0.05, 0.1) is 18.8 Å². The van der Waals surface area contributed by atoms with E-state index >= 15 is 0 Å². The molecule has 1 aromatic rings. The number of carbonyl (C=O) groups is 2. The Balaban J connectivity index is 1.94. The predicted octanol–water partition coefficient (Wildman–Crippen LogP) is -0.300. The lowest BCUT2D eigenvalue weighted by molar-refractivity contribution is -0.125. The van der Waals surface area contributed by atoms with Gasteiger partial charge in [-0.15, -0.1) is 0 Å². The summed E-state index contributed by atoms with van der Waals surface area (Å²) in [5.74, 6) is 0.586. The summed E-state index contributed by atoms with van der Waals surface area (Å²) in [6.45, 7) is 3.47. The van der Waals surface area contributed by atoms with Crippen LogP contribution < -0.4 is 20.5 Å². The van der Waals surface area contributed by atoms with E-state index in [0.29, 0.717) is 17.1 Å². The first-order chi connectivity index (χ1) is 11.3. The van der Waals surface area contributed by atoms with E-state index in [1.807, 2.05) is 0 Å².